The van der Waals surface area contributed by atoms with Crippen molar-refractivity contribution in [2.75, 3.05) is 11.9 Å². The number of carbonyl (C=O) groups is 2. The lowest BCUT2D eigenvalue weighted by molar-refractivity contribution is -0.116. The van der Waals surface area contributed by atoms with Crippen molar-refractivity contribution in [3.8, 4) is 5.69 Å². The number of carbonyl (C=O) groups excluding carboxylic acids is 2. The molecule has 3 aromatic rings. The summed E-state index contributed by atoms with van der Waals surface area (Å²) >= 11 is 1.44. The van der Waals surface area contributed by atoms with Gasteiger partial charge in [-0.05, 0) is 46.5 Å². The highest BCUT2D eigenvalue weighted by molar-refractivity contribution is 7.08. The Labute approximate surface area is 152 Å². The fourth-order valence-electron chi connectivity index (χ4n) is 2.19. The Morgan fingerprint density at radius 2 is 2.15 bits per heavy atom. The van der Waals surface area contributed by atoms with Crippen LogP contribution in [-0.2, 0) is 4.79 Å². The van der Waals surface area contributed by atoms with Gasteiger partial charge in [-0.25, -0.2) is 9.07 Å². The summed E-state index contributed by atoms with van der Waals surface area (Å²) in [6.45, 7) is 0.356. The van der Waals surface area contributed by atoms with Gasteiger partial charge in [-0.2, -0.15) is 11.3 Å². The molecule has 0 unspecified atom stereocenters. The Bertz CT molecular complexity index is 882. The normalized spacial score (nSPS) is 10.5. The van der Waals surface area contributed by atoms with Crippen molar-refractivity contribution in [3.63, 3.8) is 0 Å². The Balaban J connectivity index is 1.49. The van der Waals surface area contributed by atoms with Gasteiger partial charge in [0.05, 0.1) is 11.4 Å². The number of anilines is 1. The quantitative estimate of drug-likeness (QED) is 0.616. The van der Waals surface area contributed by atoms with E-state index in [0.717, 1.165) is 0 Å². The second kappa shape index (κ2) is 8.30. The van der Waals surface area contributed by atoms with Crippen LogP contribution in [0.15, 0.2) is 41.4 Å². The van der Waals surface area contributed by atoms with Crippen LogP contribution in [0.1, 0.15) is 23.2 Å². The van der Waals surface area contributed by atoms with Crippen LogP contribution in [0.25, 0.3) is 5.69 Å². The number of hydrogen-bond acceptors (Lipinski definition) is 6. The van der Waals surface area contributed by atoms with Gasteiger partial charge in [-0.15, -0.1) is 5.10 Å². The maximum atomic E-state index is 13.9. The van der Waals surface area contributed by atoms with E-state index in [1.54, 1.807) is 11.4 Å². The Morgan fingerprint density at radius 1 is 1.27 bits per heavy atom. The molecule has 0 spiro atoms. The summed E-state index contributed by atoms with van der Waals surface area (Å²) in [7, 11) is 0. The zero-order valence-electron chi connectivity index (χ0n) is 13.6. The molecule has 134 valence electrons. The second-order valence-corrected chi connectivity index (χ2v) is 6.12. The molecule has 2 aromatic heterocycles. The van der Waals surface area contributed by atoms with Crippen molar-refractivity contribution in [2.45, 2.75) is 12.8 Å². The molecule has 10 heteroatoms. The minimum atomic E-state index is -0.555. The van der Waals surface area contributed by atoms with Crippen molar-refractivity contribution in [3.05, 3.63) is 52.7 Å². The van der Waals surface area contributed by atoms with Gasteiger partial charge in [0, 0.05) is 23.9 Å². The van der Waals surface area contributed by atoms with E-state index in [-0.39, 0.29) is 23.9 Å². The predicted octanol–water partition coefficient (Wildman–Crippen LogP) is 2.01. The van der Waals surface area contributed by atoms with Crippen LogP contribution in [0.2, 0.25) is 0 Å². The first-order chi connectivity index (χ1) is 12.6. The summed E-state index contributed by atoms with van der Waals surface area (Å²) in [5, 5.41) is 19.6. The molecule has 2 N–H and O–H groups in total. The summed E-state index contributed by atoms with van der Waals surface area (Å²) in [5.74, 6) is -1.07. The molecule has 0 atom stereocenters. The van der Waals surface area contributed by atoms with Crippen LogP contribution >= 0.6 is 11.3 Å². The van der Waals surface area contributed by atoms with Gasteiger partial charge < -0.3 is 10.6 Å². The zero-order valence-corrected chi connectivity index (χ0v) is 14.4. The smallest absolute Gasteiger partial charge is 0.252 e. The van der Waals surface area contributed by atoms with Gasteiger partial charge in [0.25, 0.3) is 5.91 Å². The van der Waals surface area contributed by atoms with Crippen molar-refractivity contribution >= 4 is 28.8 Å². The third kappa shape index (κ3) is 4.48. The van der Waals surface area contributed by atoms with E-state index >= 15 is 0 Å². The van der Waals surface area contributed by atoms with Crippen LogP contribution in [0.5, 0.6) is 0 Å². The average Bonchev–Trinajstić information content (AvgIpc) is 3.34. The highest BCUT2D eigenvalue weighted by Crippen LogP contribution is 2.18. The first-order valence-electron chi connectivity index (χ1n) is 7.76. The van der Waals surface area contributed by atoms with Crippen molar-refractivity contribution in [2.24, 2.45) is 0 Å². The molecule has 8 nitrogen and oxygen atoms in total. The molecule has 0 saturated carbocycles. The number of aromatic nitrogens is 4. The van der Waals surface area contributed by atoms with E-state index in [1.807, 2.05) is 5.38 Å². The summed E-state index contributed by atoms with van der Waals surface area (Å²) in [6.07, 6.45) is 1.96. The van der Waals surface area contributed by atoms with Gasteiger partial charge in [-0.3, -0.25) is 9.59 Å². The number of hydrogen-bond donors (Lipinski definition) is 2. The lowest BCUT2D eigenvalue weighted by atomic mass is 10.2. The topological polar surface area (TPSA) is 102 Å². The molecule has 2 amide bonds. The largest absolute Gasteiger partial charge is 0.352 e. The number of tetrazole rings is 1. The number of thiophene rings is 1. The van der Waals surface area contributed by atoms with E-state index in [4.69, 9.17) is 0 Å². The van der Waals surface area contributed by atoms with Crippen LogP contribution in [0.3, 0.4) is 0 Å². The molecule has 3 rings (SSSR count). The number of rotatable bonds is 7. The van der Waals surface area contributed by atoms with Gasteiger partial charge in [0.1, 0.15) is 12.1 Å². The summed E-state index contributed by atoms with van der Waals surface area (Å²) in [4.78, 5) is 23.8. The number of nitrogens with zero attached hydrogens (tertiary/aromatic N) is 4. The predicted molar refractivity (Wildman–Crippen MR) is 93.6 cm³/mol. The zero-order chi connectivity index (χ0) is 18.4. The Kier molecular flexibility index (Phi) is 5.64. The number of halogens is 1. The number of amides is 2. The summed E-state index contributed by atoms with van der Waals surface area (Å²) < 4.78 is 15.2. The van der Waals surface area contributed by atoms with E-state index < -0.39 is 5.82 Å². The molecular weight excluding hydrogens is 359 g/mol. The minimum absolute atomic E-state index is 0.0466. The van der Waals surface area contributed by atoms with Crippen LogP contribution in [0.4, 0.5) is 10.1 Å². The lowest BCUT2D eigenvalue weighted by Gasteiger charge is -2.09. The molecule has 0 radical (unpaired) electrons. The molecule has 0 aliphatic carbocycles. The Hall–Kier alpha value is -3.14. The first kappa shape index (κ1) is 17.7. The summed E-state index contributed by atoms with van der Waals surface area (Å²) in [6, 6.07) is 5.91. The minimum Gasteiger partial charge on any atom is -0.352 e. The third-order valence-corrected chi connectivity index (χ3v) is 4.17. The van der Waals surface area contributed by atoms with Gasteiger partial charge >= 0.3 is 0 Å². The van der Waals surface area contributed by atoms with E-state index in [0.29, 0.717) is 24.2 Å². The molecule has 26 heavy (non-hydrogen) atoms. The molecule has 2 heterocycles. The maximum absolute atomic E-state index is 13.9. The molecule has 0 aliphatic rings. The van der Waals surface area contributed by atoms with Gasteiger partial charge in [-0.1, -0.05) is 0 Å². The molecule has 0 aliphatic heterocycles. The Morgan fingerprint density at radius 3 is 2.88 bits per heavy atom. The van der Waals surface area contributed by atoms with Crippen LogP contribution in [-0.4, -0.2) is 38.6 Å². The molecule has 0 fully saturated rings. The summed E-state index contributed by atoms with van der Waals surface area (Å²) in [5.41, 5.74) is 1.17. The number of benzene rings is 1. The van der Waals surface area contributed by atoms with E-state index in [2.05, 4.69) is 26.2 Å². The highest BCUT2D eigenvalue weighted by atomic mass is 32.1. The fraction of sp³-hybridized carbons (Fsp3) is 0.188. The van der Waals surface area contributed by atoms with Crippen LogP contribution < -0.4 is 10.6 Å². The molecule has 0 bridgehead atoms. The van der Waals surface area contributed by atoms with Gasteiger partial charge in [0.2, 0.25) is 5.91 Å². The standard InChI is InChI=1S/C16H15FN6O2S/c17-13-4-3-12(23-10-19-21-22-23)8-14(13)20-15(24)2-1-6-18-16(25)11-5-7-26-9-11/h3-5,7-10H,1-2,6H2,(H,18,25)(H,20,24). The molecular formula is C16H15FN6O2S. The van der Waals surface area contributed by atoms with Crippen LogP contribution in [0, 0.1) is 5.82 Å². The van der Waals surface area contributed by atoms with Crippen molar-refractivity contribution in [1.29, 1.82) is 0 Å². The maximum Gasteiger partial charge on any atom is 0.252 e. The van der Waals surface area contributed by atoms with E-state index in [9.17, 15) is 14.0 Å². The monoisotopic (exact) mass is 374 g/mol. The van der Waals surface area contributed by atoms with Gasteiger partial charge in [0.15, 0.2) is 0 Å². The number of nitrogens with one attached hydrogen (secondary N) is 2. The molecule has 1 aromatic carbocycles. The highest BCUT2D eigenvalue weighted by Gasteiger charge is 2.10. The first-order valence-corrected chi connectivity index (χ1v) is 8.71. The average molecular weight is 374 g/mol. The molecule has 0 saturated heterocycles. The third-order valence-electron chi connectivity index (χ3n) is 3.49. The lowest BCUT2D eigenvalue weighted by Crippen LogP contribution is -2.25. The van der Waals surface area contributed by atoms with Crippen molar-refractivity contribution in [1.82, 2.24) is 25.5 Å². The SMILES string of the molecule is O=C(CCCNC(=O)c1ccsc1)Nc1cc(-n2cnnn2)ccc1F. The second-order valence-electron chi connectivity index (χ2n) is 5.34. The van der Waals surface area contributed by atoms with Crippen molar-refractivity contribution < 1.29 is 14.0 Å². The van der Waals surface area contributed by atoms with E-state index in [1.165, 1.54) is 40.5 Å². The fourth-order valence-corrected chi connectivity index (χ4v) is 2.83.